The van der Waals surface area contributed by atoms with Gasteiger partial charge in [0, 0.05) is 19.2 Å². The summed E-state index contributed by atoms with van der Waals surface area (Å²) in [6.45, 7) is 6.11. The molecule has 0 unspecified atom stereocenters. The van der Waals surface area contributed by atoms with Gasteiger partial charge in [-0.2, -0.15) is 0 Å². The van der Waals surface area contributed by atoms with Gasteiger partial charge in [-0.1, -0.05) is 36.0 Å². The third-order valence-electron chi connectivity index (χ3n) is 5.46. The number of hydrogen-bond acceptors (Lipinski definition) is 5. The Kier molecular flexibility index (Phi) is 7.74. The fraction of sp³-hybridized carbons (Fsp3) is 0.375. The average Bonchev–Trinajstić information content (AvgIpc) is 3.09. The lowest BCUT2D eigenvalue weighted by atomic mass is 10.0. The summed E-state index contributed by atoms with van der Waals surface area (Å²) in [7, 11) is 3.65. The number of carbonyl (C=O) groups is 1. The second kappa shape index (κ2) is 10.5. The number of ether oxygens (including phenoxy) is 1. The molecule has 164 valence electrons. The van der Waals surface area contributed by atoms with Crippen molar-refractivity contribution in [2.45, 2.75) is 45.2 Å². The van der Waals surface area contributed by atoms with Gasteiger partial charge in [0.2, 0.25) is 5.91 Å². The van der Waals surface area contributed by atoms with Crippen LogP contribution in [0, 0.1) is 20.8 Å². The van der Waals surface area contributed by atoms with Crippen molar-refractivity contribution < 1.29 is 9.53 Å². The van der Waals surface area contributed by atoms with Crippen LogP contribution in [0.5, 0.6) is 5.75 Å². The Morgan fingerprint density at radius 2 is 1.90 bits per heavy atom. The lowest BCUT2D eigenvalue weighted by Crippen LogP contribution is -2.15. The molecule has 1 aromatic heterocycles. The van der Waals surface area contributed by atoms with E-state index in [0.29, 0.717) is 5.75 Å². The number of methoxy groups -OCH3 is 1. The quantitative estimate of drug-likeness (QED) is 0.492. The number of rotatable bonds is 9. The largest absolute Gasteiger partial charge is 0.496 e. The lowest BCUT2D eigenvalue weighted by molar-refractivity contribution is -0.113. The minimum atomic E-state index is -0.0434. The van der Waals surface area contributed by atoms with Gasteiger partial charge >= 0.3 is 0 Å². The van der Waals surface area contributed by atoms with Crippen LogP contribution in [-0.4, -0.2) is 33.5 Å². The molecule has 3 aromatic rings. The van der Waals surface area contributed by atoms with E-state index >= 15 is 0 Å². The van der Waals surface area contributed by atoms with E-state index in [1.165, 1.54) is 17.3 Å². The van der Waals surface area contributed by atoms with Crippen molar-refractivity contribution in [3.8, 4) is 5.75 Å². The van der Waals surface area contributed by atoms with Crippen molar-refractivity contribution >= 4 is 23.4 Å². The fourth-order valence-electron chi connectivity index (χ4n) is 3.44. The Balaban J connectivity index is 1.50. The highest BCUT2D eigenvalue weighted by Gasteiger charge is 2.12. The number of hydrogen-bond donors (Lipinski definition) is 1. The molecule has 0 aliphatic heterocycles. The molecule has 0 radical (unpaired) electrons. The first kappa shape index (κ1) is 22.9. The zero-order chi connectivity index (χ0) is 22.4. The number of nitrogens with one attached hydrogen (secondary N) is 1. The molecule has 0 saturated heterocycles. The second-order valence-electron chi connectivity index (χ2n) is 7.70. The molecule has 0 fully saturated rings. The number of anilines is 1. The molecule has 6 nitrogen and oxygen atoms in total. The predicted molar refractivity (Wildman–Crippen MR) is 126 cm³/mol. The average molecular weight is 439 g/mol. The third kappa shape index (κ3) is 5.88. The van der Waals surface area contributed by atoms with E-state index in [2.05, 4.69) is 34.6 Å². The zero-order valence-corrected chi connectivity index (χ0v) is 19.7. The standard InChI is InChI=1S/C24H30N4O2S/c1-16-8-6-10-20(18(16)3)25-23(29)15-31-24-27-26-22(28(24)4)11-7-9-19-12-13-21(30-5)17(2)14-19/h6,8,10,12-14H,7,9,11,15H2,1-5H3,(H,25,29). The smallest absolute Gasteiger partial charge is 0.234 e. The van der Waals surface area contributed by atoms with Crippen LogP contribution in [0.2, 0.25) is 0 Å². The summed E-state index contributed by atoms with van der Waals surface area (Å²) in [5.41, 5.74) is 5.55. The highest BCUT2D eigenvalue weighted by Crippen LogP contribution is 2.22. The summed E-state index contributed by atoms with van der Waals surface area (Å²) in [6, 6.07) is 12.2. The molecule has 2 aromatic carbocycles. The number of carbonyl (C=O) groups excluding carboxylic acids is 1. The number of amides is 1. The Labute approximate surface area is 188 Å². The van der Waals surface area contributed by atoms with Crippen molar-refractivity contribution in [2.75, 3.05) is 18.2 Å². The van der Waals surface area contributed by atoms with Crippen LogP contribution in [0.3, 0.4) is 0 Å². The first-order valence-corrected chi connectivity index (χ1v) is 11.4. The molecular weight excluding hydrogens is 408 g/mol. The molecule has 1 heterocycles. The van der Waals surface area contributed by atoms with E-state index in [0.717, 1.165) is 58.4 Å². The molecule has 7 heteroatoms. The van der Waals surface area contributed by atoms with Gasteiger partial charge in [-0.3, -0.25) is 4.79 Å². The van der Waals surface area contributed by atoms with Crippen LogP contribution in [0.25, 0.3) is 0 Å². The summed E-state index contributed by atoms with van der Waals surface area (Å²) >= 11 is 1.40. The van der Waals surface area contributed by atoms with Crippen LogP contribution >= 0.6 is 11.8 Å². The number of nitrogens with zero attached hydrogens (tertiary/aromatic N) is 3. The van der Waals surface area contributed by atoms with E-state index in [1.54, 1.807) is 7.11 Å². The normalized spacial score (nSPS) is 10.9. The predicted octanol–water partition coefficient (Wildman–Crippen LogP) is 4.66. The topological polar surface area (TPSA) is 69.0 Å². The van der Waals surface area contributed by atoms with Gasteiger partial charge in [0.1, 0.15) is 11.6 Å². The van der Waals surface area contributed by atoms with Crippen LogP contribution in [-0.2, 0) is 24.7 Å². The van der Waals surface area contributed by atoms with Crippen LogP contribution < -0.4 is 10.1 Å². The molecule has 1 amide bonds. The van der Waals surface area contributed by atoms with Crippen molar-refractivity contribution in [3.05, 3.63) is 64.5 Å². The van der Waals surface area contributed by atoms with Crippen molar-refractivity contribution in [3.63, 3.8) is 0 Å². The highest BCUT2D eigenvalue weighted by molar-refractivity contribution is 7.99. The maximum absolute atomic E-state index is 12.4. The number of benzene rings is 2. The van der Waals surface area contributed by atoms with E-state index < -0.39 is 0 Å². The number of aryl methyl sites for hydroxylation is 4. The van der Waals surface area contributed by atoms with Crippen molar-refractivity contribution in [1.29, 1.82) is 0 Å². The SMILES string of the molecule is COc1ccc(CCCc2nnc(SCC(=O)Nc3cccc(C)c3C)n2C)cc1C. The molecule has 0 aliphatic carbocycles. The summed E-state index contributed by atoms with van der Waals surface area (Å²) in [5.74, 6) is 2.10. The number of aromatic nitrogens is 3. The Bertz CT molecular complexity index is 1060. The van der Waals surface area contributed by atoms with Gasteiger partial charge in [-0.25, -0.2) is 0 Å². The second-order valence-corrected chi connectivity index (χ2v) is 8.64. The Morgan fingerprint density at radius 3 is 2.65 bits per heavy atom. The van der Waals surface area contributed by atoms with E-state index in [-0.39, 0.29) is 5.91 Å². The molecule has 1 N–H and O–H groups in total. The number of thioether (sulfide) groups is 1. The summed E-state index contributed by atoms with van der Waals surface area (Å²) in [6.07, 6.45) is 2.79. The molecule has 0 aliphatic rings. The molecule has 0 bridgehead atoms. The maximum Gasteiger partial charge on any atom is 0.234 e. The summed E-state index contributed by atoms with van der Waals surface area (Å²) in [4.78, 5) is 12.4. The minimum Gasteiger partial charge on any atom is -0.496 e. The van der Waals surface area contributed by atoms with Crippen LogP contribution in [0.1, 0.15) is 34.5 Å². The van der Waals surface area contributed by atoms with Crippen LogP contribution in [0.4, 0.5) is 5.69 Å². The van der Waals surface area contributed by atoms with Gasteiger partial charge in [-0.15, -0.1) is 10.2 Å². The Hall–Kier alpha value is -2.80. The van der Waals surface area contributed by atoms with E-state index in [1.807, 2.05) is 49.7 Å². The van der Waals surface area contributed by atoms with E-state index in [9.17, 15) is 4.79 Å². The van der Waals surface area contributed by atoms with Crippen LogP contribution in [0.15, 0.2) is 41.6 Å². The Morgan fingerprint density at radius 1 is 1.10 bits per heavy atom. The van der Waals surface area contributed by atoms with Gasteiger partial charge in [-0.05, 0) is 68.0 Å². The molecule has 0 atom stereocenters. The molecule has 31 heavy (non-hydrogen) atoms. The maximum atomic E-state index is 12.4. The molecular formula is C24H30N4O2S. The van der Waals surface area contributed by atoms with Gasteiger partial charge < -0.3 is 14.6 Å². The van der Waals surface area contributed by atoms with Gasteiger partial charge in [0.15, 0.2) is 5.16 Å². The first-order valence-electron chi connectivity index (χ1n) is 10.4. The molecule has 3 rings (SSSR count). The lowest BCUT2D eigenvalue weighted by Gasteiger charge is -2.10. The van der Waals surface area contributed by atoms with E-state index in [4.69, 9.17) is 4.74 Å². The summed E-state index contributed by atoms with van der Waals surface area (Å²) in [5, 5.41) is 12.3. The minimum absolute atomic E-state index is 0.0434. The molecule has 0 spiro atoms. The summed E-state index contributed by atoms with van der Waals surface area (Å²) < 4.78 is 7.31. The van der Waals surface area contributed by atoms with Gasteiger partial charge in [0.25, 0.3) is 0 Å². The first-order chi connectivity index (χ1) is 14.9. The highest BCUT2D eigenvalue weighted by atomic mass is 32.2. The van der Waals surface area contributed by atoms with Crippen molar-refractivity contribution in [2.24, 2.45) is 7.05 Å². The molecule has 0 saturated carbocycles. The zero-order valence-electron chi connectivity index (χ0n) is 18.9. The van der Waals surface area contributed by atoms with Gasteiger partial charge in [0.05, 0.1) is 12.9 Å². The van der Waals surface area contributed by atoms with Crippen molar-refractivity contribution in [1.82, 2.24) is 14.8 Å². The monoisotopic (exact) mass is 438 g/mol. The fourth-order valence-corrected chi connectivity index (χ4v) is 4.17. The third-order valence-corrected chi connectivity index (χ3v) is 6.48.